The van der Waals surface area contributed by atoms with Crippen molar-refractivity contribution < 1.29 is 14.3 Å². The first kappa shape index (κ1) is 21.6. The summed E-state index contributed by atoms with van der Waals surface area (Å²) in [6.07, 6.45) is 1.20. The molecule has 1 aliphatic rings. The summed E-state index contributed by atoms with van der Waals surface area (Å²) >= 11 is 1.53. The molecule has 0 spiro atoms. The Kier molecular flexibility index (Phi) is 10.1. The fraction of sp³-hybridized carbons (Fsp3) is 0.692. The average Bonchev–Trinajstić information content (AvgIpc) is 3.12. The van der Waals surface area contributed by atoms with Gasteiger partial charge in [0.05, 0.1) is 18.3 Å². The van der Waals surface area contributed by atoms with Crippen molar-refractivity contribution in [2.24, 2.45) is 5.73 Å². The number of aromatic nitrogens is 1. The molecule has 0 saturated carbocycles. The van der Waals surface area contributed by atoms with Gasteiger partial charge in [-0.1, -0.05) is 0 Å². The van der Waals surface area contributed by atoms with Crippen LogP contribution in [0.4, 0.5) is 0 Å². The van der Waals surface area contributed by atoms with Crippen LogP contribution in [0.2, 0.25) is 0 Å². The molecule has 128 valence electrons. The molecule has 3 N–H and O–H groups in total. The predicted molar refractivity (Wildman–Crippen MR) is 90.8 cm³/mol. The van der Waals surface area contributed by atoms with E-state index >= 15 is 0 Å². The van der Waals surface area contributed by atoms with Gasteiger partial charge in [0, 0.05) is 19.0 Å². The first-order chi connectivity index (χ1) is 9.63. The van der Waals surface area contributed by atoms with Crippen LogP contribution in [0.25, 0.3) is 0 Å². The second kappa shape index (κ2) is 10.4. The number of rotatable bonds is 6. The third kappa shape index (κ3) is 5.64. The van der Waals surface area contributed by atoms with Crippen molar-refractivity contribution >= 4 is 42.1 Å². The van der Waals surface area contributed by atoms with Gasteiger partial charge < -0.3 is 20.5 Å². The van der Waals surface area contributed by atoms with E-state index in [1.54, 1.807) is 7.11 Å². The van der Waals surface area contributed by atoms with Gasteiger partial charge in [-0.05, 0) is 19.8 Å². The molecule has 1 aromatic rings. The lowest BCUT2D eigenvalue weighted by Gasteiger charge is -2.12. The number of carbonyl (C=O) groups is 1. The third-order valence-electron chi connectivity index (χ3n) is 3.38. The molecule has 1 aliphatic heterocycles. The minimum absolute atomic E-state index is 0. The van der Waals surface area contributed by atoms with Crippen molar-refractivity contribution in [2.45, 2.75) is 44.6 Å². The van der Waals surface area contributed by atoms with E-state index in [1.165, 1.54) is 11.3 Å². The lowest BCUT2D eigenvalue weighted by molar-refractivity contribution is -0.132. The lowest BCUT2D eigenvalue weighted by Crippen LogP contribution is -2.35. The monoisotopic (exact) mass is 371 g/mol. The fourth-order valence-electron chi connectivity index (χ4n) is 2.05. The number of hydrogen-bond acceptors (Lipinski definition) is 6. The number of amides is 1. The van der Waals surface area contributed by atoms with Crippen LogP contribution in [0.5, 0.6) is 0 Å². The minimum atomic E-state index is -0.375. The van der Waals surface area contributed by atoms with E-state index in [-0.39, 0.29) is 49.0 Å². The predicted octanol–water partition coefficient (Wildman–Crippen LogP) is 1.82. The molecule has 0 radical (unpaired) electrons. The summed E-state index contributed by atoms with van der Waals surface area (Å²) in [6.45, 7) is 2.83. The van der Waals surface area contributed by atoms with Crippen molar-refractivity contribution in [3.63, 3.8) is 0 Å². The van der Waals surface area contributed by atoms with Gasteiger partial charge in [0.15, 0.2) is 0 Å². The molecule has 1 unspecified atom stereocenters. The van der Waals surface area contributed by atoms with Crippen LogP contribution < -0.4 is 11.1 Å². The summed E-state index contributed by atoms with van der Waals surface area (Å²) < 4.78 is 10.8. The van der Waals surface area contributed by atoms with E-state index in [0.29, 0.717) is 13.1 Å². The summed E-state index contributed by atoms with van der Waals surface area (Å²) in [4.78, 5) is 16.4. The molecule has 1 amide bonds. The van der Waals surface area contributed by atoms with Gasteiger partial charge in [-0.3, -0.25) is 4.79 Å². The molecule has 22 heavy (non-hydrogen) atoms. The molecule has 9 heteroatoms. The van der Waals surface area contributed by atoms with E-state index in [1.807, 2.05) is 12.3 Å². The SMILES string of the molecule is COC(C)c1nc(CNC(=O)[C@@H]2CC[C@H](CN)O2)cs1.Cl.Cl. The second-order valence-electron chi connectivity index (χ2n) is 4.83. The lowest BCUT2D eigenvalue weighted by atomic mass is 10.2. The number of nitrogens with zero attached hydrogens (tertiary/aromatic N) is 1. The molecular weight excluding hydrogens is 349 g/mol. The standard InChI is InChI=1S/C13H21N3O3S.2ClH/c1-8(18-2)13-16-9(7-20-13)6-15-12(17)11-4-3-10(5-14)19-11;;/h7-8,10-11H,3-6,14H2,1-2H3,(H,15,17);2*1H/t8?,10-,11+;;/m1../s1. The van der Waals surface area contributed by atoms with Crippen molar-refractivity contribution in [3.8, 4) is 0 Å². The van der Waals surface area contributed by atoms with Crippen LogP contribution in [0.1, 0.15) is 36.6 Å². The highest BCUT2D eigenvalue weighted by atomic mass is 35.5. The molecule has 3 atom stereocenters. The van der Waals surface area contributed by atoms with E-state index < -0.39 is 0 Å². The van der Waals surface area contributed by atoms with Gasteiger partial charge in [-0.15, -0.1) is 36.2 Å². The number of methoxy groups -OCH3 is 1. The Balaban J connectivity index is 0.00000220. The normalized spacial score (nSPS) is 21.6. The molecule has 2 rings (SSSR count). The Morgan fingerprint density at radius 2 is 2.32 bits per heavy atom. The number of hydrogen-bond donors (Lipinski definition) is 2. The third-order valence-corrected chi connectivity index (χ3v) is 4.43. The van der Waals surface area contributed by atoms with Gasteiger partial charge in [-0.2, -0.15) is 0 Å². The number of carbonyl (C=O) groups excluding carboxylic acids is 1. The minimum Gasteiger partial charge on any atom is -0.375 e. The van der Waals surface area contributed by atoms with Crippen LogP contribution in [0, 0.1) is 0 Å². The maximum atomic E-state index is 12.0. The zero-order chi connectivity index (χ0) is 14.5. The maximum absolute atomic E-state index is 12.0. The molecule has 6 nitrogen and oxygen atoms in total. The summed E-state index contributed by atoms with van der Waals surface area (Å²) in [7, 11) is 1.65. The molecule has 0 aliphatic carbocycles. The number of nitrogens with two attached hydrogens (primary N) is 1. The fourth-order valence-corrected chi connectivity index (χ4v) is 2.91. The van der Waals surface area contributed by atoms with Crippen molar-refractivity contribution in [1.82, 2.24) is 10.3 Å². The van der Waals surface area contributed by atoms with Crippen LogP contribution >= 0.6 is 36.2 Å². The quantitative estimate of drug-likeness (QED) is 0.796. The molecule has 0 bridgehead atoms. The Labute approximate surface area is 147 Å². The molecule has 1 saturated heterocycles. The Hall–Kier alpha value is -0.440. The van der Waals surface area contributed by atoms with Gasteiger partial charge in [0.1, 0.15) is 17.2 Å². The van der Waals surface area contributed by atoms with Crippen molar-refractivity contribution in [2.75, 3.05) is 13.7 Å². The molecule has 2 heterocycles. The second-order valence-corrected chi connectivity index (χ2v) is 5.72. The van der Waals surface area contributed by atoms with Gasteiger partial charge >= 0.3 is 0 Å². The van der Waals surface area contributed by atoms with Crippen molar-refractivity contribution in [1.29, 1.82) is 0 Å². The summed E-state index contributed by atoms with van der Waals surface area (Å²) in [6, 6.07) is 0. The summed E-state index contributed by atoms with van der Waals surface area (Å²) in [5.74, 6) is -0.0877. The van der Waals surface area contributed by atoms with Gasteiger partial charge in [-0.25, -0.2) is 4.98 Å². The Bertz CT molecular complexity index is 461. The highest BCUT2D eigenvalue weighted by molar-refractivity contribution is 7.09. The summed E-state index contributed by atoms with van der Waals surface area (Å²) in [5, 5.41) is 5.70. The maximum Gasteiger partial charge on any atom is 0.249 e. The highest BCUT2D eigenvalue weighted by Crippen LogP contribution is 2.21. The number of thiazole rings is 1. The van der Waals surface area contributed by atoms with E-state index in [9.17, 15) is 4.79 Å². The zero-order valence-corrected chi connectivity index (χ0v) is 15.1. The van der Waals surface area contributed by atoms with E-state index in [0.717, 1.165) is 23.5 Å². The molecule has 0 aromatic carbocycles. The first-order valence-electron chi connectivity index (χ1n) is 6.74. The Morgan fingerprint density at radius 3 is 2.91 bits per heavy atom. The highest BCUT2D eigenvalue weighted by Gasteiger charge is 2.29. The average molecular weight is 372 g/mol. The molecular formula is C13H23Cl2N3O3S. The summed E-state index contributed by atoms with van der Waals surface area (Å²) in [5.41, 5.74) is 6.37. The van der Waals surface area contributed by atoms with Crippen LogP contribution in [0.3, 0.4) is 0 Å². The first-order valence-corrected chi connectivity index (χ1v) is 7.62. The smallest absolute Gasteiger partial charge is 0.249 e. The van der Waals surface area contributed by atoms with Gasteiger partial charge in [0.25, 0.3) is 0 Å². The van der Waals surface area contributed by atoms with E-state index in [2.05, 4.69) is 10.3 Å². The molecule has 1 aromatic heterocycles. The number of nitrogens with one attached hydrogen (secondary N) is 1. The van der Waals surface area contributed by atoms with E-state index in [4.69, 9.17) is 15.2 Å². The Morgan fingerprint density at radius 1 is 1.59 bits per heavy atom. The van der Waals surface area contributed by atoms with Crippen LogP contribution in [-0.2, 0) is 20.8 Å². The largest absolute Gasteiger partial charge is 0.375 e. The topological polar surface area (TPSA) is 86.5 Å². The number of halogens is 2. The van der Waals surface area contributed by atoms with Crippen LogP contribution in [-0.4, -0.2) is 36.8 Å². The van der Waals surface area contributed by atoms with Crippen molar-refractivity contribution in [3.05, 3.63) is 16.1 Å². The zero-order valence-electron chi connectivity index (χ0n) is 12.6. The van der Waals surface area contributed by atoms with Crippen LogP contribution in [0.15, 0.2) is 5.38 Å². The van der Waals surface area contributed by atoms with Gasteiger partial charge in [0.2, 0.25) is 5.91 Å². The number of ether oxygens (including phenoxy) is 2. The molecule has 1 fully saturated rings.